The van der Waals surface area contributed by atoms with Crippen LogP contribution in [0.4, 0.5) is 11.5 Å². The van der Waals surface area contributed by atoms with Gasteiger partial charge in [0.15, 0.2) is 0 Å². The fraction of sp³-hybridized carbons (Fsp3) is 0.238. The first-order valence-corrected chi connectivity index (χ1v) is 8.91. The van der Waals surface area contributed by atoms with E-state index in [9.17, 15) is 0 Å². The molecule has 0 radical (unpaired) electrons. The molecule has 1 aliphatic rings. The van der Waals surface area contributed by atoms with Crippen molar-refractivity contribution in [2.24, 2.45) is 0 Å². The highest BCUT2D eigenvalue weighted by Crippen LogP contribution is 2.25. The van der Waals surface area contributed by atoms with E-state index in [2.05, 4.69) is 38.4 Å². The number of rotatable bonds is 5. The van der Waals surface area contributed by atoms with Crippen LogP contribution in [0, 0.1) is 0 Å². The van der Waals surface area contributed by atoms with Gasteiger partial charge in [-0.05, 0) is 29.8 Å². The van der Waals surface area contributed by atoms with Crippen LogP contribution in [0.5, 0.6) is 0 Å². The molecule has 1 unspecified atom stereocenters. The van der Waals surface area contributed by atoms with Crippen molar-refractivity contribution in [1.29, 1.82) is 0 Å². The summed E-state index contributed by atoms with van der Waals surface area (Å²) in [6, 6.07) is 20.4. The van der Waals surface area contributed by atoms with Crippen molar-refractivity contribution in [2.75, 3.05) is 36.5 Å². The van der Waals surface area contributed by atoms with Gasteiger partial charge in [0.1, 0.15) is 5.82 Å². The Morgan fingerprint density at radius 1 is 0.885 bits per heavy atom. The van der Waals surface area contributed by atoms with E-state index in [1.807, 2.05) is 54.9 Å². The summed E-state index contributed by atoms with van der Waals surface area (Å²) >= 11 is 0. The maximum Gasteiger partial charge on any atom is 0.126 e. The first-order valence-electron chi connectivity index (χ1n) is 8.91. The summed E-state index contributed by atoms with van der Waals surface area (Å²) in [5.74, 6) is 0.835. The molecule has 0 bridgehead atoms. The number of benzene rings is 1. The van der Waals surface area contributed by atoms with Crippen molar-refractivity contribution in [3.05, 3.63) is 84.3 Å². The second-order valence-electron chi connectivity index (χ2n) is 6.24. The van der Waals surface area contributed by atoms with E-state index in [-0.39, 0.29) is 6.04 Å². The van der Waals surface area contributed by atoms with Gasteiger partial charge in [0.25, 0.3) is 0 Å². The molecule has 1 atom stereocenters. The Morgan fingerprint density at radius 3 is 2.38 bits per heavy atom. The highest BCUT2D eigenvalue weighted by atomic mass is 16.5. The first kappa shape index (κ1) is 16.5. The van der Waals surface area contributed by atoms with Crippen LogP contribution < -0.4 is 10.2 Å². The fourth-order valence-electron chi connectivity index (χ4n) is 3.15. The average Bonchev–Trinajstić information content (AvgIpc) is 2.74. The lowest BCUT2D eigenvalue weighted by Crippen LogP contribution is -2.36. The summed E-state index contributed by atoms with van der Waals surface area (Å²) in [6.07, 6.45) is 3.75. The lowest BCUT2D eigenvalue weighted by Gasteiger charge is -2.28. The number of pyridine rings is 2. The monoisotopic (exact) mass is 346 g/mol. The van der Waals surface area contributed by atoms with E-state index in [1.165, 1.54) is 0 Å². The van der Waals surface area contributed by atoms with Crippen LogP contribution in [-0.4, -0.2) is 36.3 Å². The maximum absolute atomic E-state index is 5.41. The molecule has 2 aromatic heterocycles. The largest absolute Gasteiger partial charge is 0.378 e. The van der Waals surface area contributed by atoms with Gasteiger partial charge < -0.3 is 15.0 Å². The molecule has 0 spiro atoms. The molecular formula is C21H22N4O. The number of hydrogen-bond acceptors (Lipinski definition) is 5. The van der Waals surface area contributed by atoms with Crippen LogP contribution in [0.1, 0.15) is 17.3 Å². The molecular weight excluding hydrogens is 324 g/mol. The van der Waals surface area contributed by atoms with Crippen molar-refractivity contribution in [2.45, 2.75) is 6.04 Å². The number of morpholine rings is 1. The summed E-state index contributed by atoms with van der Waals surface area (Å²) in [6.45, 7) is 3.37. The van der Waals surface area contributed by atoms with Crippen molar-refractivity contribution < 1.29 is 4.74 Å². The standard InChI is InChI=1S/C21H22N4O/c1-2-6-17(7-3-1)21(19-8-4-5-11-22-19)24-20-10-9-18(16-23-20)25-12-14-26-15-13-25/h1-11,16,21H,12-15H2,(H,23,24). The normalized spacial score (nSPS) is 15.5. The van der Waals surface area contributed by atoms with E-state index in [4.69, 9.17) is 4.74 Å². The molecule has 0 amide bonds. The van der Waals surface area contributed by atoms with E-state index in [0.29, 0.717) is 0 Å². The quantitative estimate of drug-likeness (QED) is 0.766. The smallest absolute Gasteiger partial charge is 0.126 e. The van der Waals surface area contributed by atoms with Crippen molar-refractivity contribution in [1.82, 2.24) is 9.97 Å². The van der Waals surface area contributed by atoms with Crippen LogP contribution in [-0.2, 0) is 4.74 Å². The predicted molar refractivity (Wildman–Crippen MR) is 103 cm³/mol. The predicted octanol–water partition coefficient (Wildman–Crippen LogP) is 3.51. The summed E-state index contributed by atoms with van der Waals surface area (Å²) in [5.41, 5.74) is 3.26. The van der Waals surface area contributed by atoms with Gasteiger partial charge >= 0.3 is 0 Å². The molecule has 1 saturated heterocycles. The van der Waals surface area contributed by atoms with Gasteiger partial charge in [-0.3, -0.25) is 4.98 Å². The number of nitrogens with zero attached hydrogens (tertiary/aromatic N) is 3. The summed E-state index contributed by atoms with van der Waals surface area (Å²) in [4.78, 5) is 11.5. The summed E-state index contributed by atoms with van der Waals surface area (Å²) in [7, 11) is 0. The second kappa shape index (κ2) is 7.97. The highest BCUT2D eigenvalue weighted by molar-refractivity contribution is 5.51. The van der Waals surface area contributed by atoms with Crippen LogP contribution in [0.3, 0.4) is 0 Å². The number of aromatic nitrogens is 2. The molecule has 132 valence electrons. The molecule has 0 aliphatic carbocycles. The zero-order chi connectivity index (χ0) is 17.6. The lowest BCUT2D eigenvalue weighted by atomic mass is 10.0. The van der Waals surface area contributed by atoms with Gasteiger partial charge in [-0.25, -0.2) is 4.98 Å². The molecule has 3 heterocycles. The van der Waals surface area contributed by atoms with Crippen LogP contribution in [0.2, 0.25) is 0 Å². The zero-order valence-electron chi connectivity index (χ0n) is 14.6. The second-order valence-corrected chi connectivity index (χ2v) is 6.24. The van der Waals surface area contributed by atoms with Gasteiger partial charge in [-0.2, -0.15) is 0 Å². The van der Waals surface area contributed by atoms with Crippen molar-refractivity contribution in [3.63, 3.8) is 0 Å². The minimum absolute atomic E-state index is 0.0425. The Balaban J connectivity index is 1.56. The van der Waals surface area contributed by atoms with Gasteiger partial charge in [0.05, 0.1) is 36.8 Å². The third-order valence-electron chi connectivity index (χ3n) is 4.53. The fourth-order valence-corrected chi connectivity index (χ4v) is 3.15. The summed E-state index contributed by atoms with van der Waals surface area (Å²) in [5, 5.41) is 3.52. The number of nitrogens with one attached hydrogen (secondary N) is 1. The van der Waals surface area contributed by atoms with Crippen LogP contribution >= 0.6 is 0 Å². The highest BCUT2D eigenvalue weighted by Gasteiger charge is 2.16. The van der Waals surface area contributed by atoms with Gasteiger partial charge in [-0.1, -0.05) is 36.4 Å². The molecule has 0 saturated carbocycles. The van der Waals surface area contributed by atoms with E-state index < -0.39 is 0 Å². The topological polar surface area (TPSA) is 50.3 Å². The molecule has 4 rings (SSSR count). The number of hydrogen-bond donors (Lipinski definition) is 1. The number of ether oxygens (including phenoxy) is 1. The Hall–Kier alpha value is -2.92. The molecule has 5 nitrogen and oxygen atoms in total. The van der Waals surface area contributed by atoms with Gasteiger partial charge in [0.2, 0.25) is 0 Å². The van der Waals surface area contributed by atoms with Crippen LogP contribution in [0.15, 0.2) is 73.1 Å². The molecule has 26 heavy (non-hydrogen) atoms. The first-order chi connectivity index (χ1) is 12.9. The SMILES string of the molecule is c1ccc(C(Nc2ccc(N3CCOCC3)cn2)c2ccccn2)cc1. The molecule has 1 N–H and O–H groups in total. The molecule has 1 fully saturated rings. The Bertz CT molecular complexity index is 763. The zero-order valence-corrected chi connectivity index (χ0v) is 14.6. The number of anilines is 2. The van der Waals surface area contributed by atoms with Crippen molar-refractivity contribution in [3.8, 4) is 0 Å². The Labute approximate surface area is 153 Å². The maximum atomic E-state index is 5.41. The van der Waals surface area contributed by atoms with E-state index >= 15 is 0 Å². The van der Waals surface area contributed by atoms with E-state index in [1.54, 1.807) is 0 Å². The Morgan fingerprint density at radius 2 is 1.69 bits per heavy atom. The van der Waals surface area contributed by atoms with Gasteiger partial charge in [-0.15, -0.1) is 0 Å². The average molecular weight is 346 g/mol. The molecule has 3 aromatic rings. The van der Waals surface area contributed by atoms with Crippen LogP contribution in [0.25, 0.3) is 0 Å². The lowest BCUT2D eigenvalue weighted by molar-refractivity contribution is 0.122. The molecule has 1 aliphatic heterocycles. The third kappa shape index (κ3) is 3.83. The van der Waals surface area contributed by atoms with Gasteiger partial charge in [0, 0.05) is 19.3 Å². The molecule has 5 heteroatoms. The molecule has 1 aromatic carbocycles. The minimum atomic E-state index is -0.0425. The summed E-state index contributed by atoms with van der Waals surface area (Å²) < 4.78 is 5.41. The van der Waals surface area contributed by atoms with Crippen molar-refractivity contribution >= 4 is 11.5 Å². The minimum Gasteiger partial charge on any atom is -0.378 e. The Kier molecular flexibility index (Phi) is 5.07. The third-order valence-corrected chi connectivity index (χ3v) is 4.53. The van der Waals surface area contributed by atoms with E-state index in [0.717, 1.165) is 49.1 Å².